The summed E-state index contributed by atoms with van der Waals surface area (Å²) in [5.74, 6) is -0.130. The first-order valence-corrected chi connectivity index (χ1v) is 13.5. The van der Waals surface area contributed by atoms with Crippen LogP contribution < -0.4 is 4.74 Å². The van der Waals surface area contributed by atoms with Gasteiger partial charge in [-0.05, 0) is 53.5 Å². The monoisotopic (exact) mass is 454 g/mol. The standard InChI is InChI=1S/C25H34N2O4Si/c1-7-32(8-2,9-3)31-27(4)24(20-10-12-21(13-11-20)25(28)30-6)23(18-26)19-14-16-22(29-5)17-15-19/h10-17,23-24H,7-9H2,1-6H3. The molecule has 0 aliphatic carbocycles. The van der Waals surface area contributed by atoms with Gasteiger partial charge < -0.3 is 14.0 Å². The number of hydroxylamine groups is 2. The molecule has 32 heavy (non-hydrogen) atoms. The number of hydrogen-bond acceptors (Lipinski definition) is 6. The van der Waals surface area contributed by atoms with Crippen molar-refractivity contribution in [3.8, 4) is 11.8 Å². The lowest BCUT2D eigenvalue weighted by molar-refractivity contribution is -0.0887. The van der Waals surface area contributed by atoms with Crippen molar-refractivity contribution in [2.75, 3.05) is 21.3 Å². The molecule has 6 nitrogen and oxygen atoms in total. The van der Waals surface area contributed by atoms with Crippen LogP contribution in [0, 0.1) is 11.3 Å². The summed E-state index contributed by atoms with van der Waals surface area (Å²) < 4.78 is 16.8. The summed E-state index contributed by atoms with van der Waals surface area (Å²) >= 11 is 0. The Morgan fingerprint density at radius 2 is 1.50 bits per heavy atom. The Hall–Kier alpha value is -2.66. The van der Waals surface area contributed by atoms with Gasteiger partial charge in [-0.1, -0.05) is 45.0 Å². The van der Waals surface area contributed by atoms with Crippen LogP contribution in [-0.4, -0.2) is 40.6 Å². The number of carbonyl (C=O) groups excluding carboxylic acids is 1. The van der Waals surface area contributed by atoms with Gasteiger partial charge in [-0.2, -0.15) is 10.3 Å². The Kier molecular flexibility index (Phi) is 9.45. The second kappa shape index (κ2) is 11.8. The zero-order valence-electron chi connectivity index (χ0n) is 19.9. The third-order valence-corrected chi connectivity index (χ3v) is 10.8. The first kappa shape index (κ1) is 25.6. The van der Waals surface area contributed by atoms with Gasteiger partial charge in [-0.15, -0.1) is 0 Å². The first-order valence-electron chi connectivity index (χ1n) is 11.0. The van der Waals surface area contributed by atoms with Gasteiger partial charge in [0.1, 0.15) is 5.75 Å². The third-order valence-electron chi connectivity index (χ3n) is 6.27. The van der Waals surface area contributed by atoms with Crippen molar-refractivity contribution in [3.63, 3.8) is 0 Å². The van der Waals surface area contributed by atoms with E-state index in [9.17, 15) is 10.1 Å². The number of hydrogen-bond donors (Lipinski definition) is 0. The molecule has 0 heterocycles. The summed E-state index contributed by atoms with van der Waals surface area (Å²) in [5, 5.41) is 12.1. The lowest BCUT2D eigenvalue weighted by Gasteiger charge is -2.38. The number of benzene rings is 2. The highest BCUT2D eigenvalue weighted by molar-refractivity contribution is 6.73. The van der Waals surface area contributed by atoms with Crippen LogP contribution in [0.3, 0.4) is 0 Å². The predicted octanol–water partition coefficient (Wildman–Crippen LogP) is 5.70. The molecule has 2 atom stereocenters. The Labute approximate surface area is 192 Å². The molecule has 2 aromatic rings. The van der Waals surface area contributed by atoms with Crippen LogP contribution >= 0.6 is 0 Å². The lowest BCUT2D eigenvalue weighted by Crippen LogP contribution is -2.44. The second-order valence-corrected chi connectivity index (χ2v) is 12.5. The number of nitrogens with zero attached hydrogens (tertiary/aromatic N) is 2. The van der Waals surface area contributed by atoms with E-state index in [4.69, 9.17) is 14.0 Å². The number of rotatable bonds is 11. The highest BCUT2D eigenvalue weighted by Crippen LogP contribution is 2.38. The van der Waals surface area contributed by atoms with Crippen LogP contribution in [0.2, 0.25) is 18.1 Å². The number of ether oxygens (including phenoxy) is 2. The summed E-state index contributed by atoms with van der Waals surface area (Å²) in [6.45, 7) is 6.54. The predicted molar refractivity (Wildman–Crippen MR) is 128 cm³/mol. The Balaban J connectivity index is 2.51. The van der Waals surface area contributed by atoms with Gasteiger partial charge in [0.25, 0.3) is 0 Å². The normalized spacial score (nSPS) is 13.3. The van der Waals surface area contributed by atoms with Crippen molar-refractivity contribution in [2.24, 2.45) is 0 Å². The van der Waals surface area contributed by atoms with E-state index in [1.165, 1.54) is 7.11 Å². The largest absolute Gasteiger partial charge is 0.497 e. The van der Waals surface area contributed by atoms with Crippen LogP contribution in [0.25, 0.3) is 0 Å². The minimum absolute atomic E-state index is 0.350. The Bertz CT molecular complexity index is 897. The molecular formula is C25H34N2O4Si. The van der Waals surface area contributed by atoms with E-state index in [1.54, 1.807) is 19.2 Å². The van der Waals surface area contributed by atoms with E-state index in [0.29, 0.717) is 5.56 Å². The van der Waals surface area contributed by atoms with Crippen molar-refractivity contribution < 1.29 is 18.8 Å². The van der Waals surface area contributed by atoms with Gasteiger partial charge >= 0.3 is 5.97 Å². The van der Waals surface area contributed by atoms with Crippen molar-refractivity contribution in [2.45, 2.75) is 50.9 Å². The smallest absolute Gasteiger partial charge is 0.337 e. The van der Waals surface area contributed by atoms with E-state index in [2.05, 4.69) is 26.8 Å². The molecule has 2 aromatic carbocycles. The van der Waals surface area contributed by atoms with E-state index in [0.717, 1.165) is 35.0 Å². The highest BCUT2D eigenvalue weighted by atomic mass is 28.4. The number of likely N-dealkylation sites (N-methyl/N-ethyl adjacent to an activating group) is 1. The lowest BCUT2D eigenvalue weighted by atomic mass is 9.87. The van der Waals surface area contributed by atoms with Crippen LogP contribution in [0.4, 0.5) is 0 Å². The van der Waals surface area contributed by atoms with E-state index in [1.807, 2.05) is 48.5 Å². The Morgan fingerprint density at radius 3 is 1.94 bits per heavy atom. The topological polar surface area (TPSA) is 71.8 Å². The van der Waals surface area contributed by atoms with Crippen molar-refractivity contribution in [1.82, 2.24) is 5.06 Å². The molecule has 7 heteroatoms. The molecule has 0 amide bonds. The molecule has 2 unspecified atom stereocenters. The third kappa shape index (κ3) is 5.77. The number of carbonyl (C=O) groups is 1. The van der Waals surface area contributed by atoms with E-state index >= 15 is 0 Å². The van der Waals surface area contributed by atoms with Crippen LogP contribution in [-0.2, 0) is 9.26 Å². The molecule has 0 N–H and O–H groups in total. The highest BCUT2D eigenvalue weighted by Gasteiger charge is 2.36. The molecule has 0 aromatic heterocycles. The molecule has 0 aliphatic rings. The molecule has 0 spiro atoms. The first-order chi connectivity index (χ1) is 15.4. The maximum Gasteiger partial charge on any atom is 0.337 e. The maximum atomic E-state index is 11.9. The molecule has 0 bridgehead atoms. The number of methoxy groups -OCH3 is 2. The van der Waals surface area contributed by atoms with Gasteiger partial charge in [0.2, 0.25) is 8.32 Å². The van der Waals surface area contributed by atoms with Crippen LogP contribution in [0.5, 0.6) is 5.75 Å². The summed E-state index contributed by atoms with van der Waals surface area (Å²) in [5.41, 5.74) is 2.24. The molecular weight excluding hydrogens is 420 g/mol. The fourth-order valence-electron chi connectivity index (χ4n) is 3.99. The van der Waals surface area contributed by atoms with Crippen molar-refractivity contribution in [3.05, 3.63) is 65.2 Å². The zero-order chi connectivity index (χ0) is 23.7. The average molecular weight is 455 g/mol. The van der Waals surface area contributed by atoms with Gasteiger partial charge in [-0.25, -0.2) is 4.79 Å². The maximum absolute atomic E-state index is 11.9. The molecule has 0 aliphatic heterocycles. The molecule has 0 fully saturated rings. The van der Waals surface area contributed by atoms with E-state index in [-0.39, 0.29) is 12.0 Å². The fourth-order valence-corrected chi connectivity index (χ4v) is 6.60. The van der Waals surface area contributed by atoms with Gasteiger partial charge in [0.05, 0.1) is 37.8 Å². The zero-order valence-corrected chi connectivity index (χ0v) is 20.9. The summed E-state index contributed by atoms with van der Waals surface area (Å²) in [6, 6.07) is 19.9. The van der Waals surface area contributed by atoms with Gasteiger partial charge in [0.15, 0.2) is 0 Å². The minimum Gasteiger partial charge on any atom is -0.497 e. The average Bonchev–Trinajstić information content (AvgIpc) is 2.85. The SMILES string of the molecule is CC[Si](CC)(CC)ON(C)C(c1ccc(C(=O)OC)cc1)C(C#N)c1ccc(OC)cc1. The van der Waals surface area contributed by atoms with Crippen molar-refractivity contribution >= 4 is 14.3 Å². The molecule has 0 saturated heterocycles. The summed E-state index contributed by atoms with van der Waals surface area (Å²) in [4.78, 5) is 11.9. The molecule has 172 valence electrons. The van der Waals surface area contributed by atoms with E-state index < -0.39 is 14.2 Å². The molecule has 0 radical (unpaired) electrons. The number of nitriles is 1. The molecule has 2 rings (SSSR count). The van der Waals surface area contributed by atoms with Crippen molar-refractivity contribution in [1.29, 1.82) is 5.26 Å². The van der Waals surface area contributed by atoms with Gasteiger partial charge in [0, 0.05) is 7.05 Å². The minimum atomic E-state index is -1.96. The van der Waals surface area contributed by atoms with Crippen LogP contribution in [0.15, 0.2) is 48.5 Å². The Morgan fingerprint density at radius 1 is 0.969 bits per heavy atom. The second-order valence-electron chi connectivity index (χ2n) is 7.82. The molecule has 0 saturated carbocycles. The quantitative estimate of drug-likeness (QED) is 0.246. The number of esters is 1. The fraction of sp³-hybridized carbons (Fsp3) is 0.440. The summed E-state index contributed by atoms with van der Waals surface area (Å²) in [7, 11) is 2.93. The van der Waals surface area contributed by atoms with Crippen LogP contribution in [0.1, 0.15) is 54.2 Å². The summed E-state index contributed by atoms with van der Waals surface area (Å²) in [6.07, 6.45) is 0. The van der Waals surface area contributed by atoms with Gasteiger partial charge in [-0.3, -0.25) is 0 Å².